The molecule has 0 heterocycles. The zero-order chi connectivity index (χ0) is 15.2. The van der Waals surface area contributed by atoms with Crippen molar-refractivity contribution in [2.45, 2.75) is 0 Å². The summed E-state index contributed by atoms with van der Waals surface area (Å²) in [6, 6.07) is 10.5. The Morgan fingerprint density at radius 3 is 2.62 bits per heavy atom. The number of hydrogen-bond donors (Lipinski definition) is 3. The van der Waals surface area contributed by atoms with Gasteiger partial charge in [-0.2, -0.15) is 0 Å². The van der Waals surface area contributed by atoms with E-state index in [0.29, 0.717) is 11.4 Å². The molecule has 0 saturated carbocycles. The fourth-order valence-electron chi connectivity index (χ4n) is 1.72. The third-order valence-corrected chi connectivity index (χ3v) is 2.76. The van der Waals surface area contributed by atoms with Crippen LogP contribution in [0.4, 0.5) is 10.1 Å². The molecule has 0 bridgehead atoms. The Morgan fingerprint density at radius 2 is 1.95 bits per heavy atom. The van der Waals surface area contributed by atoms with Crippen LogP contribution in [0.25, 0.3) is 0 Å². The van der Waals surface area contributed by atoms with E-state index in [-0.39, 0.29) is 18.7 Å². The normalized spacial score (nSPS) is 10.1. The minimum absolute atomic E-state index is 0.178. The third-order valence-electron chi connectivity index (χ3n) is 2.76. The average molecular weight is 290 g/mol. The van der Waals surface area contributed by atoms with E-state index in [2.05, 4.69) is 5.32 Å². The van der Waals surface area contributed by atoms with Crippen LogP contribution in [0, 0.1) is 5.82 Å². The van der Waals surface area contributed by atoms with Crippen LogP contribution < -0.4 is 15.8 Å². The summed E-state index contributed by atoms with van der Waals surface area (Å²) in [6.07, 6.45) is 0. The van der Waals surface area contributed by atoms with Crippen LogP contribution in [0.15, 0.2) is 42.5 Å². The largest absolute Gasteiger partial charge is 0.507 e. The van der Waals surface area contributed by atoms with Crippen molar-refractivity contribution in [3.8, 4) is 11.5 Å². The molecule has 2 aromatic rings. The maximum Gasteiger partial charge on any atom is 0.258 e. The third kappa shape index (κ3) is 3.85. The summed E-state index contributed by atoms with van der Waals surface area (Å²) in [5.74, 6) is -1.24. The van der Waals surface area contributed by atoms with Crippen LogP contribution in [-0.2, 0) is 0 Å². The highest BCUT2D eigenvalue weighted by Crippen LogP contribution is 2.19. The first-order valence-corrected chi connectivity index (χ1v) is 6.32. The number of ether oxygens (including phenoxy) is 1. The molecule has 0 radical (unpaired) electrons. The molecule has 0 spiro atoms. The van der Waals surface area contributed by atoms with Crippen LogP contribution >= 0.6 is 0 Å². The molecule has 1 amide bonds. The smallest absolute Gasteiger partial charge is 0.258 e. The van der Waals surface area contributed by atoms with E-state index >= 15 is 0 Å². The summed E-state index contributed by atoms with van der Waals surface area (Å²) in [5, 5.41) is 12.0. The van der Waals surface area contributed by atoms with Crippen molar-refractivity contribution in [2.75, 3.05) is 18.9 Å². The topological polar surface area (TPSA) is 84.6 Å². The Labute approximate surface area is 121 Å². The minimum Gasteiger partial charge on any atom is -0.507 e. The molecule has 21 heavy (non-hydrogen) atoms. The highest BCUT2D eigenvalue weighted by atomic mass is 19.1. The number of phenols is 1. The lowest BCUT2D eigenvalue weighted by Crippen LogP contribution is -2.28. The first kappa shape index (κ1) is 14.6. The van der Waals surface area contributed by atoms with Crippen molar-refractivity contribution in [3.63, 3.8) is 0 Å². The van der Waals surface area contributed by atoms with E-state index in [1.54, 1.807) is 24.3 Å². The lowest BCUT2D eigenvalue weighted by atomic mass is 10.2. The highest BCUT2D eigenvalue weighted by Gasteiger charge is 2.15. The number of hydrogen-bond acceptors (Lipinski definition) is 4. The van der Waals surface area contributed by atoms with E-state index in [9.17, 15) is 14.3 Å². The number of benzene rings is 2. The molecule has 0 atom stereocenters. The van der Waals surface area contributed by atoms with Gasteiger partial charge in [-0.15, -0.1) is 0 Å². The fraction of sp³-hybridized carbons (Fsp3) is 0.133. The van der Waals surface area contributed by atoms with Gasteiger partial charge in [0, 0.05) is 5.69 Å². The molecular formula is C15H15FN2O3. The SMILES string of the molecule is Nc1ccc(OCCNC(=O)c2c(O)cccc2F)cc1. The first-order chi connectivity index (χ1) is 10.1. The van der Waals surface area contributed by atoms with Crippen molar-refractivity contribution in [2.24, 2.45) is 0 Å². The van der Waals surface area contributed by atoms with Crippen molar-refractivity contribution >= 4 is 11.6 Å². The van der Waals surface area contributed by atoms with Crippen LogP contribution in [-0.4, -0.2) is 24.2 Å². The summed E-state index contributed by atoms with van der Waals surface area (Å²) in [6.45, 7) is 0.391. The van der Waals surface area contributed by atoms with E-state index in [1.807, 2.05) is 0 Å². The lowest BCUT2D eigenvalue weighted by molar-refractivity contribution is 0.0940. The molecule has 0 aliphatic rings. The second kappa shape index (κ2) is 6.60. The van der Waals surface area contributed by atoms with Crippen molar-refractivity contribution in [3.05, 3.63) is 53.8 Å². The molecule has 6 heteroatoms. The monoisotopic (exact) mass is 290 g/mol. The van der Waals surface area contributed by atoms with Gasteiger partial charge < -0.3 is 20.9 Å². The molecular weight excluding hydrogens is 275 g/mol. The van der Waals surface area contributed by atoms with Crippen molar-refractivity contribution in [1.82, 2.24) is 5.32 Å². The van der Waals surface area contributed by atoms with Crippen LogP contribution in [0.5, 0.6) is 11.5 Å². The Balaban J connectivity index is 1.83. The molecule has 110 valence electrons. The van der Waals surface area contributed by atoms with Crippen molar-refractivity contribution < 1.29 is 19.0 Å². The molecule has 2 rings (SSSR count). The van der Waals surface area contributed by atoms with Gasteiger partial charge in [0.1, 0.15) is 29.5 Å². The number of nitrogens with two attached hydrogens (primary N) is 1. The Morgan fingerprint density at radius 1 is 1.24 bits per heavy atom. The standard InChI is InChI=1S/C15H15FN2O3/c16-12-2-1-3-13(19)14(12)15(20)18-8-9-21-11-6-4-10(17)5-7-11/h1-7,19H,8-9,17H2,(H,18,20). The number of amides is 1. The Kier molecular flexibility index (Phi) is 4.61. The number of nitrogens with one attached hydrogen (secondary N) is 1. The zero-order valence-electron chi connectivity index (χ0n) is 11.2. The Hall–Kier alpha value is -2.76. The molecule has 0 aliphatic heterocycles. The number of halogens is 1. The van der Waals surface area contributed by atoms with Gasteiger partial charge in [-0.25, -0.2) is 4.39 Å². The summed E-state index contributed by atoms with van der Waals surface area (Å²) in [7, 11) is 0. The van der Waals surface area contributed by atoms with Gasteiger partial charge >= 0.3 is 0 Å². The number of phenolic OH excluding ortho intramolecular Hbond substituents is 1. The van der Waals surface area contributed by atoms with Gasteiger partial charge in [0.15, 0.2) is 0 Å². The molecule has 0 unspecified atom stereocenters. The molecule has 0 saturated heterocycles. The fourth-order valence-corrected chi connectivity index (χ4v) is 1.72. The van der Waals surface area contributed by atoms with Gasteiger partial charge in [-0.3, -0.25) is 4.79 Å². The van der Waals surface area contributed by atoms with Gasteiger partial charge in [0.05, 0.1) is 6.54 Å². The molecule has 0 aromatic heterocycles. The molecule has 5 nitrogen and oxygen atoms in total. The van der Waals surface area contributed by atoms with E-state index in [1.165, 1.54) is 12.1 Å². The van der Waals surface area contributed by atoms with E-state index in [4.69, 9.17) is 10.5 Å². The van der Waals surface area contributed by atoms with Crippen LogP contribution in [0.2, 0.25) is 0 Å². The second-order valence-corrected chi connectivity index (χ2v) is 4.31. The predicted molar refractivity (Wildman–Crippen MR) is 76.7 cm³/mol. The summed E-state index contributed by atoms with van der Waals surface area (Å²) >= 11 is 0. The number of carbonyl (C=O) groups excluding carboxylic acids is 1. The quantitative estimate of drug-likeness (QED) is 0.580. The predicted octanol–water partition coefficient (Wildman–Crippen LogP) is 1.92. The first-order valence-electron chi connectivity index (χ1n) is 6.32. The number of anilines is 1. The Bertz CT molecular complexity index is 609. The maximum atomic E-state index is 13.4. The summed E-state index contributed by atoms with van der Waals surface area (Å²) in [5.41, 5.74) is 5.80. The lowest BCUT2D eigenvalue weighted by Gasteiger charge is -2.09. The van der Waals surface area contributed by atoms with Crippen LogP contribution in [0.1, 0.15) is 10.4 Å². The maximum absolute atomic E-state index is 13.4. The number of nitrogen functional groups attached to an aromatic ring is 1. The van der Waals surface area contributed by atoms with Gasteiger partial charge in [-0.1, -0.05) is 6.07 Å². The molecule has 0 fully saturated rings. The number of rotatable bonds is 5. The second-order valence-electron chi connectivity index (χ2n) is 4.31. The van der Waals surface area contributed by atoms with Gasteiger partial charge in [0.25, 0.3) is 5.91 Å². The molecule has 2 aromatic carbocycles. The number of aromatic hydroxyl groups is 1. The van der Waals surface area contributed by atoms with E-state index in [0.717, 1.165) is 6.07 Å². The zero-order valence-corrected chi connectivity index (χ0v) is 11.2. The minimum atomic E-state index is -0.771. The van der Waals surface area contributed by atoms with Crippen molar-refractivity contribution in [1.29, 1.82) is 0 Å². The molecule has 4 N–H and O–H groups in total. The number of carbonyl (C=O) groups is 1. The van der Waals surface area contributed by atoms with Crippen LogP contribution in [0.3, 0.4) is 0 Å². The summed E-state index contributed by atoms with van der Waals surface area (Å²) < 4.78 is 18.8. The van der Waals surface area contributed by atoms with Gasteiger partial charge in [-0.05, 0) is 36.4 Å². The van der Waals surface area contributed by atoms with E-state index < -0.39 is 17.5 Å². The van der Waals surface area contributed by atoms with Gasteiger partial charge in [0.2, 0.25) is 0 Å². The summed E-state index contributed by atoms with van der Waals surface area (Å²) in [4.78, 5) is 11.8. The highest BCUT2D eigenvalue weighted by molar-refractivity contribution is 5.97. The average Bonchev–Trinajstić information content (AvgIpc) is 2.45. The molecule has 0 aliphatic carbocycles.